The van der Waals surface area contributed by atoms with E-state index in [-0.39, 0.29) is 12.2 Å². The smallest absolute Gasteiger partial charge is 0.277 e. The van der Waals surface area contributed by atoms with Crippen molar-refractivity contribution in [3.8, 4) is 0 Å². The zero-order chi connectivity index (χ0) is 17.4. The molecule has 1 heterocycles. The van der Waals surface area contributed by atoms with Crippen LogP contribution in [0.1, 0.15) is 0 Å². The fourth-order valence-electron chi connectivity index (χ4n) is 1.93. The van der Waals surface area contributed by atoms with Gasteiger partial charge in [0.25, 0.3) is 11.8 Å². The number of hydrogen-bond donors (Lipinski definition) is 2. The molecule has 0 aliphatic carbocycles. The van der Waals surface area contributed by atoms with Crippen molar-refractivity contribution in [2.24, 2.45) is 0 Å². The van der Waals surface area contributed by atoms with Crippen molar-refractivity contribution >= 4 is 27.3 Å². The Morgan fingerprint density at radius 3 is 2.26 bits per heavy atom. The van der Waals surface area contributed by atoms with Gasteiger partial charge >= 0.3 is 0 Å². The maximum Gasteiger partial charge on any atom is 0.277 e. The predicted octanol–water partition coefficient (Wildman–Crippen LogP) is 0.0252. The fourth-order valence-corrected chi connectivity index (χ4v) is 2.56. The first kappa shape index (κ1) is 17.0. The summed E-state index contributed by atoms with van der Waals surface area (Å²) in [5.41, 5.74) is -1.14. The van der Waals surface area contributed by atoms with E-state index in [4.69, 9.17) is 5.11 Å². The van der Waals surface area contributed by atoms with E-state index in [1.807, 2.05) is 0 Å². The summed E-state index contributed by atoms with van der Waals surface area (Å²) < 4.78 is 50.5. The summed E-state index contributed by atoms with van der Waals surface area (Å²) >= 11 is 0. The van der Waals surface area contributed by atoms with Crippen LogP contribution in [0.5, 0.6) is 0 Å². The highest BCUT2D eigenvalue weighted by atomic mass is 32.2. The van der Waals surface area contributed by atoms with E-state index >= 15 is 0 Å². The SMILES string of the molecule is CS(=O)(=O)c1cc(F)c(NC2=CC(=O)N(CCO)C2=O)c(F)c1. The maximum absolute atomic E-state index is 13.9. The van der Waals surface area contributed by atoms with Crippen molar-refractivity contribution in [3.05, 3.63) is 35.5 Å². The first-order valence-electron chi connectivity index (χ1n) is 6.29. The van der Waals surface area contributed by atoms with Crippen molar-refractivity contribution in [3.63, 3.8) is 0 Å². The normalized spacial score (nSPS) is 15.1. The second-order valence-electron chi connectivity index (χ2n) is 4.74. The molecule has 10 heteroatoms. The molecule has 1 aliphatic rings. The average Bonchev–Trinajstić information content (AvgIpc) is 2.69. The molecular formula is C13H12F2N2O5S. The number of benzene rings is 1. The van der Waals surface area contributed by atoms with Crippen molar-refractivity contribution in [2.45, 2.75) is 4.90 Å². The van der Waals surface area contributed by atoms with E-state index in [9.17, 15) is 26.8 Å². The van der Waals surface area contributed by atoms with Gasteiger partial charge < -0.3 is 10.4 Å². The van der Waals surface area contributed by atoms with Gasteiger partial charge in [-0.1, -0.05) is 0 Å². The Balaban J connectivity index is 2.34. The van der Waals surface area contributed by atoms with E-state index in [0.717, 1.165) is 12.3 Å². The van der Waals surface area contributed by atoms with E-state index in [0.29, 0.717) is 17.0 Å². The van der Waals surface area contributed by atoms with Crippen LogP contribution < -0.4 is 5.32 Å². The standard InChI is InChI=1S/C13H12F2N2O5S/c1-23(21,22)7-4-8(14)12(9(15)5-7)16-10-6-11(19)17(2-3-18)13(10)20/h4-6,16,18H,2-3H2,1H3. The van der Waals surface area contributed by atoms with Gasteiger partial charge in [0.2, 0.25) is 0 Å². The monoisotopic (exact) mass is 346 g/mol. The van der Waals surface area contributed by atoms with Gasteiger partial charge in [-0.05, 0) is 12.1 Å². The second kappa shape index (κ2) is 6.05. The fraction of sp³-hybridized carbons (Fsp3) is 0.231. The van der Waals surface area contributed by atoms with Crippen molar-refractivity contribution in [1.82, 2.24) is 4.90 Å². The van der Waals surface area contributed by atoms with Gasteiger partial charge in [-0.3, -0.25) is 14.5 Å². The number of amides is 2. The molecule has 0 spiro atoms. The molecule has 0 saturated heterocycles. The topological polar surface area (TPSA) is 104 Å². The molecule has 1 aromatic rings. The largest absolute Gasteiger partial charge is 0.395 e. The number of aliphatic hydroxyl groups excluding tert-OH is 1. The molecule has 0 radical (unpaired) electrons. The Morgan fingerprint density at radius 1 is 1.22 bits per heavy atom. The number of imide groups is 1. The summed E-state index contributed by atoms with van der Waals surface area (Å²) in [5, 5.41) is 10.9. The lowest BCUT2D eigenvalue weighted by molar-refractivity contribution is -0.137. The molecule has 0 aromatic heterocycles. The summed E-state index contributed by atoms with van der Waals surface area (Å²) in [6.07, 6.45) is 1.63. The van der Waals surface area contributed by atoms with Gasteiger partial charge in [-0.15, -0.1) is 0 Å². The minimum absolute atomic E-state index is 0.253. The van der Waals surface area contributed by atoms with Gasteiger partial charge in [0, 0.05) is 12.3 Å². The quantitative estimate of drug-likeness (QED) is 0.729. The van der Waals surface area contributed by atoms with E-state index in [1.165, 1.54) is 0 Å². The molecule has 7 nitrogen and oxygen atoms in total. The molecule has 0 unspecified atom stereocenters. The number of rotatable bonds is 5. The second-order valence-corrected chi connectivity index (χ2v) is 6.75. The number of halogens is 2. The molecule has 2 amide bonds. The van der Waals surface area contributed by atoms with Gasteiger partial charge in [-0.25, -0.2) is 17.2 Å². The lowest BCUT2D eigenvalue weighted by atomic mass is 10.2. The molecule has 23 heavy (non-hydrogen) atoms. The van der Waals surface area contributed by atoms with Gasteiger partial charge in [0.1, 0.15) is 11.4 Å². The molecule has 1 aliphatic heterocycles. The first-order valence-corrected chi connectivity index (χ1v) is 8.19. The molecule has 0 fully saturated rings. The zero-order valence-electron chi connectivity index (χ0n) is 11.8. The van der Waals surface area contributed by atoms with Crippen LogP contribution in [0.15, 0.2) is 28.8 Å². The number of sulfone groups is 1. The number of hydrogen-bond acceptors (Lipinski definition) is 6. The molecule has 124 valence electrons. The Morgan fingerprint density at radius 2 is 1.78 bits per heavy atom. The Bertz CT molecular complexity index is 797. The summed E-state index contributed by atoms with van der Waals surface area (Å²) in [4.78, 5) is 23.6. The minimum atomic E-state index is -3.81. The Labute approximate surface area is 130 Å². The third-order valence-corrected chi connectivity index (χ3v) is 4.13. The van der Waals surface area contributed by atoms with E-state index in [2.05, 4.69) is 5.32 Å². The molecule has 0 atom stereocenters. The third kappa shape index (κ3) is 3.37. The number of carbonyl (C=O) groups is 2. The van der Waals surface area contributed by atoms with Crippen molar-refractivity contribution in [2.75, 3.05) is 24.7 Å². The lowest BCUT2D eigenvalue weighted by Crippen LogP contribution is -2.34. The molecule has 0 saturated carbocycles. The lowest BCUT2D eigenvalue weighted by Gasteiger charge is -2.14. The average molecular weight is 346 g/mol. The first-order chi connectivity index (χ1) is 10.6. The van der Waals surface area contributed by atoms with E-state index < -0.39 is 50.5 Å². The van der Waals surface area contributed by atoms with Crippen LogP contribution in [0.4, 0.5) is 14.5 Å². The highest BCUT2D eigenvalue weighted by molar-refractivity contribution is 7.90. The summed E-state index contributed by atoms with van der Waals surface area (Å²) in [6.45, 7) is -0.707. The van der Waals surface area contributed by atoms with Gasteiger partial charge in [0.15, 0.2) is 21.5 Å². The van der Waals surface area contributed by atoms with Crippen LogP contribution in [-0.4, -0.2) is 49.6 Å². The summed E-state index contributed by atoms with van der Waals surface area (Å²) in [5.74, 6) is -4.05. The summed E-state index contributed by atoms with van der Waals surface area (Å²) in [7, 11) is -3.81. The van der Waals surface area contributed by atoms with Crippen LogP contribution in [0, 0.1) is 11.6 Å². The van der Waals surface area contributed by atoms with Crippen LogP contribution in [0.3, 0.4) is 0 Å². The third-order valence-electron chi connectivity index (χ3n) is 3.04. The molecule has 1 aromatic carbocycles. The number of nitrogens with zero attached hydrogens (tertiary/aromatic N) is 1. The zero-order valence-corrected chi connectivity index (χ0v) is 12.7. The molecule has 0 bridgehead atoms. The number of anilines is 1. The number of nitrogens with one attached hydrogen (secondary N) is 1. The molecule has 2 rings (SSSR count). The summed E-state index contributed by atoms with van der Waals surface area (Å²) in [6, 6.07) is 1.21. The highest BCUT2D eigenvalue weighted by Gasteiger charge is 2.31. The van der Waals surface area contributed by atoms with Crippen molar-refractivity contribution in [1.29, 1.82) is 0 Å². The van der Waals surface area contributed by atoms with Gasteiger partial charge in [0.05, 0.1) is 18.0 Å². The number of β-amino-alcohol motifs (C(OH)–C–C–N with tert-alkyl or cyclic N) is 1. The van der Waals surface area contributed by atoms with Gasteiger partial charge in [-0.2, -0.15) is 0 Å². The van der Waals surface area contributed by atoms with Crippen LogP contribution >= 0.6 is 0 Å². The highest BCUT2D eigenvalue weighted by Crippen LogP contribution is 2.26. The molecule has 2 N–H and O–H groups in total. The number of aliphatic hydroxyl groups is 1. The van der Waals surface area contributed by atoms with Crippen LogP contribution in [0.25, 0.3) is 0 Å². The Kier molecular flexibility index (Phi) is 4.48. The Hall–Kier alpha value is -2.33. The molecular weight excluding hydrogens is 334 g/mol. The van der Waals surface area contributed by atoms with Crippen molar-refractivity contribution < 1.29 is 31.9 Å². The predicted molar refractivity (Wildman–Crippen MR) is 75.0 cm³/mol. The number of carbonyl (C=O) groups excluding carboxylic acids is 2. The van der Waals surface area contributed by atoms with Crippen LogP contribution in [-0.2, 0) is 19.4 Å². The minimum Gasteiger partial charge on any atom is -0.395 e. The maximum atomic E-state index is 13.9. The van der Waals surface area contributed by atoms with Crippen LogP contribution in [0.2, 0.25) is 0 Å². The van der Waals surface area contributed by atoms with E-state index in [1.54, 1.807) is 0 Å².